The molecule has 0 aromatic heterocycles. The molecule has 2 aliphatic rings. The molecule has 122 valence electrons. The monoisotopic (exact) mass is 313 g/mol. The topological polar surface area (TPSA) is 55.4 Å². The Morgan fingerprint density at radius 2 is 2.17 bits per heavy atom. The highest BCUT2D eigenvalue weighted by molar-refractivity contribution is 6.05. The zero-order valence-corrected chi connectivity index (χ0v) is 13.6. The summed E-state index contributed by atoms with van der Waals surface area (Å²) in [4.78, 5) is 23.7. The predicted molar refractivity (Wildman–Crippen MR) is 90.3 cm³/mol. The molecule has 0 bridgehead atoms. The highest BCUT2D eigenvalue weighted by atomic mass is 16.5. The predicted octanol–water partition coefficient (Wildman–Crippen LogP) is 3.35. The average Bonchev–Trinajstić information content (AvgIpc) is 2.84. The van der Waals surface area contributed by atoms with Crippen LogP contribution in [-0.2, 0) is 14.3 Å². The molecule has 0 spiro atoms. The molecule has 0 fully saturated rings. The van der Waals surface area contributed by atoms with Gasteiger partial charge in [-0.05, 0) is 31.9 Å². The zero-order valence-electron chi connectivity index (χ0n) is 13.6. The van der Waals surface area contributed by atoms with E-state index in [-0.39, 0.29) is 23.8 Å². The van der Waals surface area contributed by atoms with Crippen molar-refractivity contribution < 1.29 is 14.3 Å². The lowest BCUT2D eigenvalue weighted by molar-refractivity contribution is -0.139. The van der Waals surface area contributed by atoms with E-state index in [1.54, 1.807) is 25.3 Å². The van der Waals surface area contributed by atoms with E-state index in [0.717, 1.165) is 19.3 Å². The van der Waals surface area contributed by atoms with Gasteiger partial charge in [-0.1, -0.05) is 43.7 Å². The second kappa shape index (κ2) is 8.32. The molecule has 0 aromatic carbocycles. The first-order chi connectivity index (χ1) is 11.1. The van der Waals surface area contributed by atoms with Crippen molar-refractivity contribution in [2.75, 3.05) is 0 Å². The van der Waals surface area contributed by atoms with Crippen molar-refractivity contribution in [3.8, 4) is 0 Å². The first-order valence-corrected chi connectivity index (χ1v) is 8.05. The van der Waals surface area contributed by atoms with Gasteiger partial charge in [0.25, 0.3) is 0 Å². The number of nitrogens with one attached hydrogen (secondary N) is 1. The quantitative estimate of drug-likeness (QED) is 0.464. The van der Waals surface area contributed by atoms with E-state index in [2.05, 4.69) is 18.3 Å². The van der Waals surface area contributed by atoms with Gasteiger partial charge in [-0.15, -0.1) is 0 Å². The van der Waals surface area contributed by atoms with Crippen molar-refractivity contribution in [1.29, 1.82) is 0 Å². The molecule has 0 aromatic rings. The van der Waals surface area contributed by atoms with E-state index < -0.39 is 0 Å². The maximum atomic E-state index is 12.1. The fourth-order valence-corrected chi connectivity index (χ4v) is 2.46. The highest BCUT2D eigenvalue weighted by Crippen LogP contribution is 2.23. The summed E-state index contributed by atoms with van der Waals surface area (Å²) in [6, 6.07) is 0. The largest absolute Gasteiger partial charge is 0.454 e. The first kappa shape index (κ1) is 17.0. The van der Waals surface area contributed by atoms with Crippen LogP contribution in [0.25, 0.3) is 0 Å². The molecule has 0 radical (unpaired) electrons. The summed E-state index contributed by atoms with van der Waals surface area (Å²) in [5.41, 5.74) is 1.04. The molecule has 0 unspecified atom stereocenters. The number of carbonyl (C=O) groups is 2. The third-order valence-electron chi connectivity index (χ3n) is 3.69. The van der Waals surface area contributed by atoms with Gasteiger partial charge in [0.15, 0.2) is 5.78 Å². The number of hydrogen-bond acceptors (Lipinski definition) is 4. The Hall–Kier alpha value is -2.36. The Balaban J connectivity index is 2.07. The molecule has 1 aliphatic heterocycles. The van der Waals surface area contributed by atoms with Crippen LogP contribution in [0.1, 0.15) is 33.1 Å². The molecular formula is C19H23NO3. The van der Waals surface area contributed by atoms with Gasteiger partial charge in [-0.3, -0.25) is 4.79 Å². The average molecular weight is 313 g/mol. The first-order valence-electron chi connectivity index (χ1n) is 8.05. The second-order valence-electron chi connectivity index (χ2n) is 5.65. The van der Waals surface area contributed by atoms with Crippen molar-refractivity contribution in [2.45, 2.75) is 39.2 Å². The Kier molecular flexibility index (Phi) is 6.15. The molecule has 0 amide bonds. The number of allylic oxidation sites excluding steroid dienone is 7. The number of ether oxygens (including phenoxy) is 1. The number of cyclic esters (lactones) is 1. The Labute approximate surface area is 137 Å². The van der Waals surface area contributed by atoms with E-state index in [4.69, 9.17) is 4.74 Å². The molecule has 1 aliphatic carbocycles. The van der Waals surface area contributed by atoms with Crippen LogP contribution < -0.4 is 5.32 Å². The van der Waals surface area contributed by atoms with Crippen molar-refractivity contribution in [3.63, 3.8) is 0 Å². The van der Waals surface area contributed by atoms with Crippen molar-refractivity contribution in [3.05, 3.63) is 60.0 Å². The van der Waals surface area contributed by atoms with E-state index in [0.29, 0.717) is 11.3 Å². The summed E-state index contributed by atoms with van der Waals surface area (Å²) in [6.45, 7) is 3.93. The summed E-state index contributed by atoms with van der Waals surface area (Å²) in [7, 11) is 0. The van der Waals surface area contributed by atoms with Gasteiger partial charge in [0.05, 0.1) is 0 Å². The lowest BCUT2D eigenvalue weighted by Gasteiger charge is -2.17. The number of unbranched alkanes of at least 4 members (excludes halogenated alkanes) is 1. The van der Waals surface area contributed by atoms with Crippen LogP contribution in [0, 0.1) is 5.92 Å². The minimum absolute atomic E-state index is 0.0155. The molecule has 23 heavy (non-hydrogen) atoms. The van der Waals surface area contributed by atoms with Gasteiger partial charge in [0.2, 0.25) is 0 Å². The molecule has 4 heteroatoms. The van der Waals surface area contributed by atoms with Crippen LogP contribution in [0.4, 0.5) is 0 Å². The number of hydrogen-bond donors (Lipinski definition) is 1. The van der Waals surface area contributed by atoms with Gasteiger partial charge >= 0.3 is 5.97 Å². The summed E-state index contributed by atoms with van der Waals surface area (Å²) < 4.78 is 5.02. The number of carbonyl (C=O) groups excluding carboxylic acids is 2. The molecular weight excluding hydrogens is 290 g/mol. The van der Waals surface area contributed by atoms with E-state index >= 15 is 0 Å². The maximum Gasteiger partial charge on any atom is 0.355 e. The van der Waals surface area contributed by atoms with Gasteiger partial charge in [-0.2, -0.15) is 0 Å². The Morgan fingerprint density at radius 1 is 1.35 bits per heavy atom. The van der Waals surface area contributed by atoms with Gasteiger partial charge < -0.3 is 10.1 Å². The van der Waals surface area contributed by atoms with Gasteiger partial charge in [-0.25, -0.2) is 4.79 Å². The fourth-order valence-electron chi connectivity index (χ4n) is 2.46. The number of esters is 1. The van der Waals surface area contributed by atoms with Crippen molar-refractivity contribution >= 4 is 11.8 Å². The zero-order chi connectivity index (χ0) is 16.7. The summed E-state index contributed by atoms with van der Waals surface area (Å²) in [5, 5.41) is 2.92. The summed E-state index contributed by atoms with van der Waals surface area (Å²) >= 11 is 0. The third kappa shape index (κ3) is 4.81. The van der Waals surface area contributed by atoms with Crippen LogP contribution in [0.5, 0.6) is 0 Å². The van der Waals surface area contributed by atoms with E-state index in [9.17, 15) is 9.59 Å². The molecule has 2 atom stereocenters. The highest BCUT2D eigenvalue weighted by Gasteiger charge is 2.23. The van der Waals surface area contributed by atoms with Crippen LogP contribution >= 0.6 is 0 Å². The van der Waals surface area contributed by atoms with Crippen molar-refractivity contribution in [1.82, 2.24) is 5.32 Å². The van der Waals surface area contributed by atoms with E-state index in [1.807, 2.05) is 24.3 Å². The summed E-state index contributed by atoms with van der Waals surface area (Å²) in [5.74, 6) is -0.402. The number of rotatable bonds is 6. The van der Waals surface area contributed by atoms with Crippen LogP contribution in [0.3, 0.4) is 0 Å². The fraction of sp³-hybridized carbons (Fsp3) is 0.368. The standard InChI is InChI=1S/C19H23NO3/c1-3-4-5-6-7-9-15-10-8-11-18(21)16(15)13-20-17-12-14(2)23-19(17)22/h5-9,11-15,20H,3-4,10H2,1-2H3/b6-5+,9-7+,16-13?/t14-,15-/m0/s1. The molecule has 1 N–H and O–H groups in total. The molecule has 2 rings (SSSR count). The maximum absolute atomic E-state index is 12.1. The molecule has 4 nitrogen and oxygen atoms in total. The molecule has 1 heterocycles. The van der Waals surface area contributed by atoms with Crippen LogP contribution in [-0.4, -0.2) is 17.9 Å². The summed E-state index contributed by atoms with van der Waals surface area (Å²) in [6.07, 6.45) is 17.6. The van der Waals surface area contributed by atoms with Crippen LogP contribution in [0.2, 0.25) is 0 Å². The second-order valence-corrected chi connectivity index (χ2v) is 5.65. The van der Waals surface area contributed by atoms with Gasteiger partial charge in [0, 0.05) is 17.7 Å². The normalized spacial score (nSPS) is 26.3. The molecule has 0 saturated heterocycles. The van der Waals surface area contributed by atoms with E-state index in [1.165, 1.54) is 0 Å². The van der Waals surface area contributed by atoms with Crippen LogP contribution in [0.15, 0.2) is 60.0 Å². The lowest BCUT2D eigenvalue weighted by Crippen LogP contribution is -2.19. The SMILES string of the molecule is CCC/C=C/C=C/[C@H]1CC=CC(=O)C1=CNC1=C[C@H](C)OC1=O. The van der Waals surface area contributed by atoms with Gasteiger partial charge in [0.1, 0.15) is 11.8 Å². The Bertz CT molecular complexity index is 608. The number of ketones is 1. The lowest BCUT2D eigenvalue weighted by atomic mass is 9.88. The smallest absolute Gasteiger partial charge is 0.355 e. The Morgan fingerprint density at radius 3 is 2.87 bits per heavy atom. The minimum atomic E-state index is -0.386. The van der Waals surface area contributed by atoms with Crippen molar-refractivity contribution in [2.24, 2.45) is 5.92 Å². The third-order valence-corrected chi connectivity index (χ3v) is 3.69. The molecule has 0 saturated carbocycles. The minimum Gasteiger partial charge on any atom is -0.454 e.